The third kappa shape index (κ3) is 4.89. The summed E-state index contributed by atoms with van der Waals surface area (Å²) in [7, 11) is 2.55. The Kier molecular flexibility index (Phi) is 6.66. The summed E-state index contributed by atoms with van der Waals surface area (Å²) in [6, 6.07) is 0.260. The van der Waals surface area contributed by atoms with Crippen LogP contribution in [0.4, 0.5) is 0 Å². The first-order valence-electron chi connectivity index (χ1n) is 11.0. The molecular weight excluding hydrogens is 323 g/mol. The zero-order chi connectivity index (χ0) is 17.6. The Bertz CT molecular complexity index is 536. The van der Waals surface area contributed by atoms with Crippen LogP contribution < -0.4 is 5.32 Å². The van der Waals surface area contributed by atoms with Crippen molar-refractivity contribution < 1.29 is 4.52 Å². The van der Waals surface area contributed by atoms with E-state index >= 15 is 0 Å². The third-order valence-electron chi connectivity index (χ3n) is 6.46. The van der Waals surface area contributed by atoms with Gasteiger partial charge in [-0.3, -0.25) is 0 Å². The summed E-state index contributed by atoms with van der Waals surface area (Å²) < 4.78 is 5.66. The summed E-state index contributed by atoms with van der Waals surface area (Å²) in [5.74, 6) is 2.96. The summed E-state index contributed by atoms with van der Waals surface area (Å²) >= 11 is 0. The van der Waals surface area contributed by atoms with Gasteiger partial charge >= 0.3 is 0 Å². The predicted octanol–water partition coefficient (Wildman–Crippen LogP) is 4.22. The van der Waals surface area contributed by atoms with E-state index in [9.17, 15) is 0 Å². The van der Waals surface area contributed by atoms with Crippen LogP contribution in [0.5, 0.6) is 0 Å². The Morgan fingerprint density at radius 1 is 0.923 bits per heavy atom. The monoisotopic (exact) mass is 357 g/mol. The van der Waals surface area contributed by atoms with E-state index in [-0.39, 0.29) is 6.04 Å². The number of hydrogen-bond acceptors (Lipinski definition) is 5. The summed E-state index contributed by atoms with van der Waals surface area (Å²) in [6.07, 6.45) is 15.8. The van der Waals surface area contributed by atoms with Crippen molar-refractivity contribution in [3.8, 4) is 0 Å². The van der Waals surface area contributed by atoms with Crippen LogP contribution in [0.3, 0.4) is 0 Å². The lowest BCUT2D eigenvalue weighted by atomic mass is 9.68. The second-order valence-corrected chi connectivity index (χ2v) is 8.58. The lowest BCUT2D eigenvalue weighted by Crippen LogP contribution is -2.39. The van der Waals surface area contributed by atoms with Crippen molar-refractivity contribution in [2.75, 3.05) is 19.6 Å². The molecule has 143 valence electrons. The highest BCUT2D eigenvalue weighted by molar-refractivity contribution is 6.34. The molecule has 1 N–H and O–H groups in total. The van der Waals surface area contributed by atoms with Crippen LogP contribution in [0.2, 0.25) is 5.82 Å². The van der Waals surface area contributed by atoms with Crippen molar-refractivity contribution in [1.29, 1.82) is 0 Å². The molecule has 3 fully saturated rings. The van der Waals surface area contributed by atoms with E-state index in [1.54, 1.807) is 0 Å². The standard InChI is InChI=1S/C20H34BN4O/c1-2-5-11-17(10-4-1)21-25-14-8-9-16(15-25)19-23-20(26-24-19)18-12-6-3-7-13-22-18/h16-18,22H,1-15H2. The van der Waals surface area contributed by atoms with E-state index in [0.29, 0.717) is 5.92 Å². The highest BCUT2D eigenvalue weighted by atomic mass is 16.5. The van der Waals surface area contributed by atoms with Gasteiger partial charge < -0.3 is 14.7 Å². The van der Waals surface area contributed by atoms with Crippen LogP contribution in [0.25, 0.3) is 0 Å². The summed E-state index contributed by atoms with van der Waals surface area (Å²) in [6.45, 7) is 3.32. The minimum Gasteiger partial charge on any atom is -0.346 e. The van der Waals surface area contributed by atoms with Gasteiger partial charge in [-0.2, -0.15) is 4.98 Å². The Morgan fingerprint density at radius 3 is 2.62 bits per heavy atom. The number of nitrogens with zero attached hydrogens (tertiary/aromatic N) is 3. The zero-order valence-electron chi connectivity index (χ0n) is 16.2. The molecule has 0 amide bonds. The summed E-state index contributed by atoms with van der Waals surface area (Å²) in [5.41, 5.74) is 0. The molecule has 2 saturated heterocycles. The van der Waals surface area contributed by atoms with E-state index in [4.69, 9.17) is 9.51 Å². The molecule has 6 heteroatoms. The quantitative estimate of drug-likeness (QED) is 0.646. The number of piperidine rings is 1. The minimum atomic E-state index is 0.260. The van der Waals surface area contributed by atoms with Crippen LogP contribution in [0.1, 0.15) is 101 Å². The van der Waals surface area contributed by atoms with Gasteiger partial charge in [-0.1, -0.05) is 62.3 Å². The van der Waals surface area contributed by atoms with Crippen LogP contribution in [-0.4, -0.2) is 42.0 Å². The molecule has 1 aliphatic carbocycles. The molecule has 0 spiro atoms. The fourth-order valence-electron chi connectivity index (χ4n) is 4.90. The highest BCUT2D eigenvalue weighted by Crippen LogP contribution is 2.31. The molecule has 0 aromatic carbocycles. The number of aromatic nitrogens is 2. The predicted molar refractivity (Wildman–Crippen MR) is 104 cm³/mol. The number of hydrogen-bond donors (Lipinski definition) is 1. The Balaban J connectivity index is 1.33. The highest BCUT2D eigenvalue weighted by Gasteiger charge is 2.29. The van der Waals surface area contributed by atoms with Gasteiger partial charge in [-0.05, 0) is 45.3 Å². The lowest BCUT2D eigenvalue weighted by molar-refractivity contribution is 0.297. The maximum absolute atomic E-state index is 5.66. The fourth-order valence-corrected chi connectivity index (χ4v) is 4.90. The molecule has 1 aromatic heterocycles. The van der Waals surface area contributed by atoms with Crippen molar-refractivity contribution in [2.45, 2.75) is 94.8 Å². The molecule has 4 rings (SSSR count). The molecular formula is C20H34BN4O. The first-order chi connectivity index (χ1) is 12.9. The lowest BCUT2D eigenvalue weighted by Gasteiger charge is -2.33. The van der Waals surface area contributed by atoms with Gasteiger partial charge in [0.1, 0.15) is 0 Å². The first kappa shape index (κ1) is 18.5. The minimum absolute atomic E-state index is 0.260. The van der Waals surface area contributed by atoms with Gasteiger partial charge in [-0.25, -0.2) is 0 Å². The summed E-state index contributed by atoms with van der Waals surface area (Å²) in [4.78, 5) is 7.37. The molecule has 1 radical (unpaired) electrons. The van der Waals surface area contributed by atoms with Gasteiger partial charge in [-0.15, -0.1) is 0 Å². The average molecular weight is 357 g/mol. The van der Waals surface area contributed by atoms with Crippen molar-refractivity contribution in [3.63, 3.8) is 0 Å². The van der Waals surface area contributed by atoms with E-state index in [1.807, 2.05) is 0 Å². The Morgan fingerprint density at radius 2 is 1.73 bits per heavy atom. The van der Waals surface area contributed by atoms with E-state index in [2.05, 4.69) is 22.7 Å². The van der Waals surface area contributed by atoms with Crippen molar-refractivity contribution in [2.24, 2.45) is 0 Å². The van der Waals surface area contributed by atoms with Crippen molar-refractivity contribution in [1.82, 2.24) is 20.3 Å². The van der Waals surface area contributed by atoms with Crippen molar-refractivity contribution in [3.05, 3.63) is 11.7 Å². The topological polar surface area (TPSA) is 54.2 Å². The van der Waals surface area contributed by atoms with Crippen LogP contribution in [0.15, 0.2) is 4.52 Å². The zero-order valence-corrected chi connectivity index (χ0v) is 16.2. The summed E-state index contributed by atoms with van der Waals surface area (Å²) in [5, 5.41) is 7.95. The molecule has 26 heavy (non-hydrogen) atoms. The van der Waals surface area contributed by atoms with E-state index in [0.717, 1.165) is 37.0 Å². The molecule has 2 atom stereocenters. The maximum Gasteiger partial charge on any atom is 0.243 e. The fraction of sp³-hybridized carbons (Fsp3) is 0.900. The molecule has 1 aromatic rings. The molecule has 2 unspecified atom stereocenters. The average Bonchev–Trinajstić information content (AvgIpc) is 2.85. The van der Waals surface area contributed by atoms with Gasteiger partial charge in [0, 0.05) is 5.92 Å². The maximum atomic E-state index is 5.66. The Hall–Kier alpha value is -0.875. The molecule has 3 aliphatic rings. The normalized spacial score (nSPS) is 29.8. The third-order valence-corrected chi connectivity index (χ3v) is 6.46. The van der Waals surface area contributed by atoms with Gasteiger partial charge in [0.25, 0.3) is 0 Å². The van der Waals surface area contributed by atoms with E-state index < -0.39 is 0 Å². The molecule has 3 heterocycles. The van der Waals surface area contributed by atoms with Gasteiger partial charge in [0.15, 0.2) is 5.82 Å². The van der Waals surface area contributed by atoms with Gasteiger partial charge in [0.05, 0.1) is 6.04 Å². The van der Waals surface area contributed by atoms with Crippen molar-refractivity contribution >= 4 is 7.41 Å². The molecule has 0 bridgehead atoms. The first-order valence-corrected chi connectivity index (χ1v) is 11.0. The largest absolute Gasteiger partial charge is 0.346 e. The second kappa shape index (κ2) is 9.36. The molecule has 1 saturated carbocycles. The molecule has 2 aliphatic heterocycles. The SMILES string of the molecule is [B](C1CCCCCC1)N1CCCC(c2noc(C3CCCCCN3)n2)C1. The van der Waals surface area contributed by atoms with Crippen LogP contribution in [0, 0.1) is 0 Å². The number of nitrogens with one attached hydrogen (secondary N) is 1. The second-order valence-electron chi connectivity index (χ2n) is 8.58. The van der Waals surface area contributed by atoms with E-state index in [1.165, 1.54) is 77.2 Å². The molecule has 5 nitrogen and oxygen atoms in total. The number of rotatable bonds is 4. The van der Waals surface area contributed by atoms with Crippen LogP contribution >= 0.6 is 0 Å². The smallest absolute Gasteiger partial charge is 0.243 e. The van der Waals surface area contributed by atoms with Crippen LogP contribution in [-0.2, 0) is 0 Å². The van der Waals surface area contributed by atoms with Gasteiger partial charge in [0.2, 0.25) is 13.3 Å². The Labute approximate surface area is 158 Å².